The predicted molar refractivity (Wildman–Crippen MR) is 103 cm³/mol. The Balaban J connectivity index is 1.78. The van der Waals surface area contributed by atoms with Gasteiger partial charge < -0.3 is 16.4 Å². The zero-order chi connectivity index (χ0) is 18.5. The molecule has 2 heterocycles. The summed E-state index contributed by atoms with van der Waals surface area (Å²) in [4.78, 5) is 24.9. The van der Waals surface area contributed by atoms with Crippen LogP contribution in [0.4, 0.5) is 0 Å². The van der Waals surface area contributed by atoms with Crippen LogP contribution in [-0.2, 0) is 4.79 Å². The van der Waals surface area contributed by atoms with Crippen molar-refractivity contribution in [1.82, 2.24) is 10.6 Å². The molecule has 0 aliphatic carbocycles. The van der Waals surface area contributed by atoms with Gasteiger partial charge in [-0.05, 0) is 75.7 Å². The SMILES string of the molecule is NC(=O)C1CC([CH]C(C(=O)c2ccccc2Cl)C2CCNCC2)CCN1. The zero-order valence-corrected chi connectivity index (χ0v) is 15.7. The van der Waals surface area contributed by atoms with Gasteiger partial charge in [0.05, 0.1) is 11.1 Å². The Morgan fingerprint density at radius 2 is 1.88 bits per heavy atom. The number of amides is 1. The molecule has 2 fully saturated rings. The highest BCUT2D eigenvalue weighted by molar-refractivity contribution is 6.34. The highest BCUT2D eigenvalue weighted by atomic mass is 35.5. The topological polar surface area (TPSA) is 84.2 Å². The van der Waals surface area contributed by atoms with Crippen molar-refractivity contribution in [2.24, 2.45) is 23.5 Å². The number of rotatable bonds is 6. The van der Waals surface area contributed by atoms with Crippen molar-refractivity contribution >= 4 is 23.3 Å². The largest absolute Gasteiger partial charge is 0.368 e. The van der Waals surface area contributed by atoms with Gasteiger partial charge in [-0.2, -0.15) is 0 Å². The van der Waals surface area contributed by atoms with Crippen LogP contribution in [0, 0.1) is 24.2 Å². The van der Waals surface area contributed by atoms with Gasteiger partial charge in [0.25, 0.3) is 0 Å². The van der Waals surface area contributed by atoms with E-state index in [1.165, 1.54) is 0 Å². The molecular formula is C20H27ClN3O2. The molecule has 0 aromatic heterocycles. The Hall–Kier alpha value is -1.43. The van der Waals surface area contributed by atoms with E-state index >= 15 is 0 Å². The van der Waals surface area contributed by atoms with Crippen LogP contribution in [-0.4, -0.2) is 37.4 Å². The number of hydrogen-bond donors (Lipinski definition) is 3. The summed E-state index contributed by atoms with van der Waals surface area (Å²) in [6.07, 6.45) is 5.70. The molecule has 1 aromatic carbocycles. The third-order valence-corrected chi connectivity index (χ3v) is 5.93. The smallest absolute Gasteiger partial charge is 0.234 e. The van der Waals surface area contributed by atoms with Gasteiger partial charge in [-0.25, -0.2) is 0 Å². The van der Waals surface area contributed by atoms with E-state index in [2.05, 4.69) is 17.1 Å². The first-order valence-electron chi connectivity index (χ1n) is 9.43. The van der Waals surface area contributed by atoms with Gasteiger partial charge in [0.2, 0.25) is 5.91 Å². The summed E-state index contributed by atoms with van der Waals surface area (Å²) in [5.41, 5.74) is 6.06. The number of primary amides is 1. The van der Waals surface area contributed by atoms with Gasteiger partial charge in [0.15, 0.2) is 5.78 Å². The molecule has 0 spiro atoms. The molecule has 2 aliphatic heterocycles. The van der Waals surface area contributed by atoms with E-state index in [0.29, 0.717) is 22.9 Å². The number of nitrogens with one attached hydrogen (secondary N) is 2. The summed E-state index contributed by atoms with van der Waals surface area (Å²) in [5.74, 6) is 0.117. The number of Topliss-reactive ketones (excluding diaryl/α,β-unsaturated/α-hetero) is 1. The summed E-state index contributed by atoms with van der Waals surface area (Å²) in [6, 6.07) is 6.95. The molecule has 3 unspecified atom stereocenters. The molecule has 0 bridgehead atoms. The number of halogens is 1. The Labute approximate surface area is 160 Å². The van der Waals surface area contributed by atoms with Gasteiger partial charge >= 0.3 is 0 Å². The van der Waals surface area contributed by atoms with Crippen molar-refractivity contribution in [3.8, 4) is 0 Å². The van der Waals surface area contributed by atoms with E-state index in [-0.39, 0.29) is 29.6 Å². The quantitative estimate of drug-likeness (QED) is 0.664. The van der Waals surface area contributed by atoms with E-state index in [0.717, 1.165) is 38.9 Å². The van der Waals surface area contributed by atoms with Crippen LogP contribution in [0.3, 0.4) is 0 Å². The number of piperidine rings is 2. The van der Waals surface area contributed by atoms with Crippen LogP contribution in [0.2, 0.25) is 5.02 Å². The van der Waals surface area contributed by atoms with Gasteiger partial charge in [-0.3, -0.25) is 9.59 Å². The first-order chi connectivity index (χ1) is 12.6. The number of benzene rings is 1. The maximum atomic E-state index is 13.3. The van der Waals surface area contributed by atoms with E-state index < -0.39 is 0 Å². The van der Waals surface area contributed by atoms with Gasteiger partial charge in [0.1, 0.15) is 0 Å². The fraction of sp³-hybridized carbons (Fsp3) is 0.550. The second-order valence-electron chi connectivity index (χ2n) is 7.34. The number of ketones is 1. The minimum Gasteiger partial charge on any atom is -0.368 e. The average molecular weight is 377 g/mol. The van der Waals surface area contributed by atoms with Crippen molar-refractivity contribution < 1.29 is 9.59 Å². The second kappa shape index (κ2) is 8.98. The summed E-state index contributed by atoms with van der Waals surface area (Å²) < 4.78 is 0. The molecule has 1 aromatic rings. The average Bonchev–Trinajstić information content (AvgIpc) is 2.67. The van der Waals surface area contributed by atoms with Crippen molar-refractivity contribution in [1.29, 1.82) is 0 Å². The van der Waals surface area contributed by atoms with E-state index in [1.54, 1.807) is 12.1 Å². The minimum atomic E-state index is -0.320. The van der Waals surface area contributed by atoms with Crippen molar-refractivity contribution in [3.63, 3.8) is 0 Å². The molecule has 1 radical (unpaired) electrons. The molecule has 3 rings (SSSR count). The lowest BCUT2D eigenvalue weighted by Crippen LogP contribution is -2.47. The third kappa shape index (κ3) is 4.64. The molecule has 2 saturated heterocycles. The normalized spacial score (nSPS) is 25.6. The van der Waals surface area contributed by atoms with E-state index in [1.807, 2.05) is 12.1 Å². The van der Waals surface area contributed by atoms with Crippen LogP contribution in [0.5, 0.6) is 0 Å². The number of hydrogen-bond acceptors (Lipinski definition) is 4. The van der Waals surface area contributed by atoms with Crippen LogP contribution < -0.4 is 16.4 Å². The highest BCUT2D eigenvalue weighted by Gasteiger charge is 2.35. The first-order valence-corrected chi connectivity index (χ1v) is 9.81. The lowest BCUT2D eigenvalue weighted by Gasteiger charge is -2.35. The van der Waals surface area contributed by atoms with Gasteiger partial charge in [-0.15, -0.1) is 0 Å². The molecule has 1 amide bonds. The number of carbonyl (C=O) groups excluding carboxylic acids is 2. The maximum absolute atomic E-state index is 13.3. The lowest BCUT2D eigenvalue weighted by atomic mass is 9.73. The highest BCUT2D eigenvalue weighted by Crippen LogP contribution is 2.34. The van der Waals surface area contributed by atoms with Crippen LogP contribution >= 0.6 is 11.6 Å². The Bertz CT molecular complexity index is 646. The predicted octanol–water partition coefficient (Wildman–Crippen LogP) is 2.20. The monoisotopic (exact) mass is 376 g/mol. The molecule has 3 atom stereocenters. The summed E-state index contributed by atoms with van der Waals surface area (Å²) in [5, 5.41) is 7.03. The third-order valence-electron chi connectivity index (χ3n) is 5.60. The van der Waals surface area contributed by atoms with Gasteiger partial charge in [-0.1, -0.05) is 23.7 Å². The Kier molecular flexibility index (Phi) is 6.68. The molecular weight excluding hydrogens is 350 g/mol. The summed E-state index contributed by atoms with van der Waals surface area (Å²) in [7, 11) is 0. The molecule has 5 nitrogen and oxygen atoms in total. The van der Waals surface area contributed by atoms with E-state index in [4.69, 9.17) is 17.3 Å². The maximum Gasteiger partial charge on any atom is 0.234 e. The summed E-state index contributed by atoms with van der Waals surface area (Å²) in [6.45, 7) is 2.61. The fourth-order valence-corrected chi connectivity index (χ4v) is 4.36. The number of nitrogens with two attached hydrogens (primary N) is 1. The lowest BCUT2D eigenvalue weighted by molar-refractivity contribution is -0.120. The standard InChI is InChI=1S/C20H27ClN3O2/c21-17-4-2-1-3-15(17)19(25)16(14-6-8-23-9-7-14)11-13-5-10-24-18(12-13)20(22)26/h1-4,11,13-14,16,18,23-24H,5-10,12H2,(H2,22,26). The number of carbonyl (C=O) groups is 2. The second-order valence-corrected chi connectivity index (χ2v) is 7.75. The summed E-state index contributed by atoms with van der Waals surface area (Å²) >= 11 is 6.29. The van der Waals surface area contributed by atoms with Crippen molar-refractivity contribution in [2.75, 3.05) is 19.6 Å². The van der Waals surface area contributed by atoms with Gasteiger partial charge in [0, 0.05) is 11.5 Å². The fourth-order valence-electron chi connectivity index (χ4n) is 4.13. The zero-order valence-electron chi connectivity index (χ0n) is 14.9. The molecule has 2 aliphatic rings. The molecule has 0 saturated carbocycles. The first kappa shape index (κ1) is 19.3. The molecule has 4 N–H and O–H groups in total. The van der Waals surface area contributed by atoms with Crippen LogP contribution in [0.15, 0.2) is 24.3 Å². The van der Waals surface area contributed by atoms with Crippen molar-refractivity contribution in [3.05, 3.63) is 41.3 Å². The van der Waals surface area contributed by atoms with Crippen LogP contribution in [0.1, 0.15) is 36.0 Å². The van der Waals surface area contributed by atoms with Crippen molar-refractivity contribution in [2.45, 2.75) is 31.7 Å². The molecule has 6 heteroatoms. The molecule has 26 heavy (non-hydrogen) atoms. The minimum absolute atomic E-state index is 0.0941. The Morgan fingerprint density at radius 1 is 1.15 bits per heavy atom. The van der Waals surface area contributed by atoms with Crippen LogP contribution in [0.25, 0.3) is 0 Å². The van der Waals surface area contributed by atoms with E-state index in [9.17, 15) is 9.59 Å². The Morgan fingerprint density at radius 3 is 2.58 bits per heavy atom. The molecule has 141 valence electrons.